The number of benzene rings is 1. The lowest BCUT2D eigenvalue weighted by Crippen LogP contribution is -2.10. The van der Waals surface area contributed by atoms with Crippen LogP contribution in [0.4, 0.5) is 0 Å². The molecule has 0 spiro atoms. The Hall–Kier alpha value is -1.66. The lowest BCUT2D eigenvalue weighted by Gasteiger charge is -1.79. The molecule has 6 heteroatoms. The maximum absolute atomic E-state index is 11.3. The molecule has 0 aliphatic rings. The lowest BCUT2D eigenvalue weighted by molar-refractivity contribution is 0.969. The van der Waals surface area contributed by atoms with Gasteiger partial charge in [-0.3, -0.25) is 17.5 Å². The molecule has 106 valence electrons. The van der Waals surface area contributed by atoms with Crippen LogP contribution >= 0.6 is 23.1 Å². The first-order chi connectivity index (χ1) is 9.41. The highest BCUT2D eigenvalue weighted by Gasteiger charge is 2.02. The Morgan fingerprint density at radius 3 is 1.95 bits per heavy atom. The van der Waals surface area contributed by atoms with Crippen molar-refractivity contribution in [2.45, 2.75) is 13.8 Å². The Morgan fingerprint density at radius 1 is 0.900 bits per heavy atom. The summed E-state index contributed by atoms with van der Waals surface area (Å²) in [5, 5.41) is 0.819. The van der Waals surface area contributed by atoms with Crippen molar-refractivity contribution in [2.24, 2.45) is 14.1 Å². The van der Waals surface area contributed by atoms with Crippen LogP contribution in [-0.4, -0.2) is 7.91 Å². The monoisotopic (exact) mass is 308 g/mol. The summed E-state index contributed by atoms with van der Waals surface area (Å²) in [6.45, 7) is 3.82. The summed E-state index contributed by atoms with van der Waals surface area (Å²) in [4.78, 5) is 23.4. The van der Waals surface area contributed by atoms with E-state index in [2.05, 4.69) is 0 Å². The van der Waals surface area contributed by atoms with E-state index in [0.717, 1.165) is 20.5 Å². The number of hydrogen-bond donors (Lipinski definition) is 0. The lowest BCUT2D eigenvalue weighted by atomic mass is 10.3. The van der Waals surface area contributed by atoms with E-state index in [1.54, 1.807) is 22.0 Å². The van der Waals surface area contributed by atoms with E-state index in [1.165, 1.54) is 23.1 Å². The van der Waals surface area contributed by atoms with Crippen molar-refractivity contribution < 1.29 is 0 Å². The summed E-state index contributed by atoms with van der Waals surface area (Å²) in [7, 11) is 3.57. The van der Waals surface area contributed by atoms with Crippen LogP contribution in [0.5, 0.6) is 0 Å². The molecular weight excluding hydrogens is 292 g/mol. The van der Waals surface area contributed by atoms with Crippen molar-refractivity contribution in [1.29, 1.82) is 0 Å². The average molecular weight is 308 g/mol. The molecule has 1 aromatic carbocycles. The minimum atomic E-state index is 0.102. The topological polar surface area (TPSA) is 44.0 Å². The first-order valence-corrected chi connectivity index (χ1v) is 7.65. The summed E-state index contributed by atoms with van der Waals surface area (Å²) in [5.74, 6) is 0. The third kappa shape index (κ3) is 2.76. The van der Waals surface area contributed by atoms with E-state index in [4.69, 9.17) is 0 Å². The highest BCUT2D eigenvalue weighted by molar-refractivity contribution is 7.13. The fraction of sp³-hybridized carbons (Fsp3) is 0.286. The third-order valence-corrected chi connectivity index (χ3v) is 5.06. The van der Waals surface area contributed by atoms with Crippen molar-refractivity contribution in [3.8, 4) is 0 Å². The molecule has 0 atom stereocenters. The quantitative estimate of drug-likeness (QED) is 0.641. The van der Waals surface area contributed by atoms with Crippen molar-refractivity contribution in [3.63, 3.8) is 0 Å². The summed E-state index contributed by atoms with van der Waals surface area (Å²) in [5.41, 5.74) is 1.12. The number of aromatic nitrogens is 2. The van der Waals surface area contributed by atoms with Gasteiger partial charge in [-0.05, 0) is 26.0 Å². The number of rotatable bonds is 0. The van der Waals surface area contributed by atoms with Gasteiger partial charge in [-0.2, -0.15) is 0 Å². The SMILES string of the molecule is Cc1sn(C)c(=O)c1C.Cn1sc2ccccc2c1=O. The molecule has 3 rings (SSSR count). The Bertz CT molecular complexity index is 852. The number of hydrogen-bond acceptors (Lipinski definition) is 4. The Kier molecular flexibility index (Phi) is 4.25. The molecule has 0 aliphatic carbocycles. The molecule has 0 saturated heterocycles. The molecule has 0 saturated carbocycles. The fourth-order valence-corrected chi connectivity index (χ4v) is 3.51. The summed E-state index contributed by atoms with van der Waals surface area (Å²) in [6.07, 6.45) is 0. The van der Waals surface area contributed by atoms with E-state index < -0.39 is 0 Å². The third-order valence-electron chi connectivity index (χ3n) is 3.05. The van der Waals surface area contributed by atoms with Crippen LogP contribution in [0, 0.1) is 13.8 Å². The molecule has 20 heavy (non-hydrogen) atoms. The molecule has 0 amide bonds. The van der Waals surface area contributed by atoms with Gasteiger partial charge < -0.3 is 0 Å². The fourth-order valence-electron chi connectivity index (χ4n) is 1.78. The second-order valence-corrected chi connectivity index (χ2v) is 6.98. The van der Waals surface area contributed by atoms with E-state index in [1.807, 2.05) is 38.1 Å². The highest BCUT2D eigenvalue weighted by Crippen LogP contribution is 2.13. The van der Waals surface area contributed by atoms with Gasteiger partial charge in [0.25, 0.3) is 11.1 Å². The molecule has 2 aromatic heterocycles. The molecule has 0 bridgehead atoms. The van der Waals surface area contributed by atoms with Crippen molar-refractivity contribution in [2.75, 3.05) is 0 Å². The summed E-state index contributed by atoms with van der Waals surface area (Å²) in [6, 6.07) is 7.64. The van der Waals surface area contributed by atoms with Crippen molar-refractivity contribution >= 4 is 33.2 Å². The van der Waals surface area contributed by atoms with E-state index >= 15 is 0 Å². The molecule has 3 aromatic rings. The molecule has 0 fully saturated rings. The first kappa shape index (κ1) is 14.7. The second kappa shape index (κ2) is 5.76. The Morgan fingerprint density at radius 2 is 1.50 bits per heavy atom. The van der Waals surface area contributed by atoms with Gasteiger partial charge in [0.15, 0.2) is 0 Å². The van der Waals surface area contributed by atoms with Crippen LogP contribution in [0.3, 0.4) is 0 Å². The molecule has 0 N–H and O–H groups in total. The van der Waals surface area contributed by atoms with Crippen LogP contribution in [0.25, 0.3) is 10.1 Å². The first-order valence-electron chi connectivity index (χ1n) is 6.10. The van der Waals surface area contributed by atoms with Crippen LogP contribution in [0.15, 0.2) is 33.9 Å². The van der Waals surface area contributed by atoms with E-state index in [-0.39, 0.29) is 11.1 Å². The van der Waals surface area contributed by atoms with Gasteiger partial charge >= 0.3 is 0 Å². The predicted molar refractivity (Wildman–Crippen MR) is 86.1 cm³/mol. The molecule has 2 heterocycles. The largest absolute Gasteiger partial charge is 0.268 e. The summed E-state index contributed by atoms with van der Waals surface area (Å²) < 4.78 is 4.34. The molecule has 0 unspecified atom stereocenters. The smallest absolute Gasteiger partial charge is 0.268 e. The van der Waals surface area contributed by atoms with Gasteiger partial charge in [-0.1, -0.05) is 35.2 Å². The minimum absolute atomic E-state index is 0.102. The molecule has 0 radical (unpaired) electrons. The predicted octanol–water partition coefficient (Wildman–Crippen LogP) is 2.66. The zero-order valence-electron chi connectivity index (χ0n) is 11.8. The van der Waals surface area contributed by atoms with Gasteiger partial charge in [-0.25, -0.2) is 0 Å². The van der Waals surface area contributed by atoms with Crippen LogP contribution in [0.1, 0.15) is 10.4 Å². The van der Waals surface area contributed by atoms with Crippen LogP contribution in [0.2, 0.25) is 0 Å². The van der Waals surface area contributed by atoms with Gasteiger partial charge in [0, 0.05) is 24.5 Å². The zero-order valence-corrected chi connectivity index (χ0v) is 13.5. The van der Waals surface area contributed by atoms with Crippen molar-refractivity contribution in [3.05, 3.63) is 55.4 Å². The summed E-state index contributed by atoms with van der Waals surface area (Å²) >= 11 is 2.98. The van der Waals surface area contributed by atoms with E-state index in [9.17, 15) is 9.59 Å². The van der Waals surface area contributed by atoms with Crippen LogP contribution in [-0.2, 0) is 14.1 Å². The standard InChI is InChI=1S/C8H7NOS.C6H9NOS/c1-9-8(10)6-4-2-3-5-7(6)11-9;1-4-5(2)9-7(3)6(4)8/h2-5H,1H3;1-3H3. The minimum Gasteiger partial charge on any atom is -0.268 e. The second-order valence-electron chi connectivity index (χ2n) is 4.47. The maximum Gasteiger partial charge on any atom is 0.268 e. The highest BCUT2D eigenvalue weighted by atomic mass is 32.1. The van der Waals surface area contributed by atoms with Gasteiger partial charge in [0.2, 0.25) is 0 Å². The zero-order chi connectivity index (χ0) is 14.9. The molecule has 0 aliphatic heterocycles. The maximum atomic E-state index is 11.3. The normalized spacial score (nSPS) is 10.4. The van der Waals surface area contributed by atoms with Gasteiger partial charge in [0.1, 0.15) is 0 Å². The molecule has 4 nitrogen and oxygen atoms in total. The number of aryl methyl sites for hydroxylation is 3. The van der Waals surface area contributed by atoms with Crippen molar-refractivity contribution in [1.82, 2.24) is 7.91 Å². The molecular formula is C14H16N2O2S2. The number of fused-ring (bicyclic) bond motifs is 1. The van der Waals surface area contributed by atoms with Gasteiger partial charge in [-0.15, -0.1) is 0 Å². The average Bonchev–Trinajstić information content (AvgIpc) is 2.84. The Labute approximate surface area is 124 Å². The van der Waals surface area contributed by atoms with Gasteiger partial charge in [0.05, 0.1) is 10.1 Å². The van der Waals surface area contributed by atoms with Crippen LogP contribution < -0.4 is 11.1 Å². The number of nitrogens with zero attached hydrogens (tertiary/aromatic N) is 2. The Balaban J connectivity index is 0.000000151. The van der Waals surface area contributed by atoms with E-state index in [0.29, 0.717) is 0 Å².